The van der Waals surface area contributed by atoms with Crippen molar-refractivity contribution in [2.75, 3.05) is 0 Å². The van der Waals surface area contributed by atoms with Gasteiger partial charge in [-0.2, -0.15) is 0 Å². The normalized spacial score (nSPS) is 13.0. The molecule has 0 fully saturated rings. The monoisotopic (exact) mass is 319 g/mol. The van der Waals surface area contributed by atoms with Crippen molar-refractivity contribution in [1.29, 1.82) is 0 Å². The molecule has 0 aliphatic heterocycles. The molecule has 6 nitrogen and oxygen atoms in total. The van der Waals surface area contributed by atoms with Crippen molar-refractivity contribution in [3.63, 3.8) is 0 Å². The Morgan fingerprint density at radius 3 is 2.35 bits per heavy atom. The number of carbonyl (C=O) groups is 3. The summed E-state index contributed by atoms with van der Waals surface area (Å²) in [6.07, 6.45) is 2.16. The van der Waals surface area contributed by atoms with E-state index in [-0.39, 0.29) is 12.3 Å². The van der Waals surface area contributed by atoms with Crippen LogP contribution in [-0.2, 0) is 9.59 Å². The minimum absolute atomic E-state index is 0.0113. The number of carboxylic acid groups (broad SMARTS) is 1. The second-order valence-electron chi connectivity index (χ2n) is 5.62. The molecular formula is C17H23N2O4-. The quantitative estimate of drug-likeness (QED) is 0.699. The molecule has 2 N–H and O–H groups in total. The largest absolute Gasteiger partial charge is 0.550 e. The lowest BCUT2D eigenvalue weighted by molar-refractivity contribution is -0.313. The number of amides is 2. The fourth-order valence-electron chi connectivity index (χ4n) is 2.33. The zero-order valence-electron chi connectivity index (χ0n) is 13.5. The Hall–Kier alpha value is -2.37. The summed E-state index contributed by atoms with van der Waals surface area (Å²) >= 11 is 0. The third-order valence-corrected chi connectivity index (χ3v) is 3.72. The highest BCUT2D eigenvalue weighted by molar-refractivity contribution is 5.95. The summed E-state index contributed by atoms with van der Waals surface area (Å²) < 4.78 is 0. The zero-order chi connectivity index (χ0) is 17.2. The van der Waals surface area contributed by atoms with Crippen LogP contribution >= 0.6 is 0 Å². The molecule has 0 aliphatic rings. The molecule has 1 rings (SSSR count). The minimum atomic E-state index is -1.13. The van der Waals surface area contributed by atoms with E-state index in [4.69, 9.17) is 0 Å². The van der Waals surface area contributed by atoms with Crippen molar-refractivity contribution in [2.45, 2.75) is 39.5 Å². The van der Waals surface area contributed by atoms with Gasteiger partial charge in [0.2, 0.25) is 5.91 Å². The molecule has 6 heteroatoms. The molecule has 126 valence electrons. The lowest BCUT2D eigenvalue weighted by atomic mass is 9.87. The summed E-state index contributed by atoms with van der Waals surface area (Å²) in [7, 11) is 0. The van der Waals surface area contributed by atoms with Crippen LogP contribution in [0.15, 0.2) is 30.3 Å². The highest BCUT2D eigenvalue weighted by atomic mass is 16.4. The van der Waals surface area contributed by atoms with E-state index in [1.165, 1.54) is 0 Å². The van der Waals surface area contributed by atoms with Crippen LogP contribution in [0.1, 0.15) is 49.9 Å². The lowest BCUT2D eigenvalue weighted by Gasteiger charge is -2.24. The molecule has 0 saturated carbocycles. The maximum absolute atomic E-state index is 11.9. The van der Waals surface area contributed by atoms with E-state index < -0.39 is 23.7 Å². The van der Waals surface area contributed by atoms with E-state index >= 15 is 0 Å². The molecule has 0 aromatic heterocycles. The average molecular weight is 319 g/mol. The fourth-order valence-corrected chi connectivity index (χ4v) is 2.33. The van der Waals surface area contributed by atoms with E-state index in [1.54, 1.807) is 37.3 Å². The minimum Gasteiger partial charge on any atom is -0.550 e. The van der Waals surface area contributed by atoms with Gasteiger partial charge in [0.05, 0.1) is 0 Å². The predicted octanol–water partition coefficient (Wildman–Crippen LogP) is 1.03. The van der Waals surface area contributed by atoms with E-state index in [1.807, 2.05) is 6.92 Å². The molecule has 0 unspecified atom stereocenters. The summed E-state index contributed by atoms with van der Waals surface area (Å²) in [6, 6.07) is 8.48. The maximum atomic E-state index is 11.9. The molecule has 0 radical (unpaired) electrons. The smallest absolute Gasteiger partial charge is 0.269 e. The predicted molar refractivity (Wildman–Crippen MR) is 83.9 cm³/mol. The Labute approximate surface area is 136 Å². The standard InChI is InChI=1S/C17H24N2O4/c1-3-4-10-14(17(22)23)12(2)11-15(20)18-19-16(21)13-8-6-5-7-9-13/h5-9,12,14H,3-4,10-11H2,1-2H3,(H,18,20)(H,19,21)(H,22,23)/p-1/t12-,14-/m1/s1. The molecule has 1 aromatic rings. The Balaban J connectivity index is 2.45. The van der Waals surface area contributed by atoms with Gasteiger partial charge < -0.3 is 9.90 Å². The maximum Gasteiger partial charge on any atom is 0.269 e. The number of rotatable bonds is 8. The van der Waals surface area contributed by atoms with Gasteiger partial charge in [-0.05, 0) is 24.5 Å². The van der Waals surface area contributed by atoms with Crippen molar-refractivity contribution in [3.05, 3.63) is 35.9 Å². The van der Waals surface area contributed by atoms with Gasteiger partial charge in [-0.25, -0.2) is 0 Å². The number of benzene rings is 1. The Bertz CT molecular complexity index is 531. The van der Waals surface area contributed by atoms with E-state index in [9.17, 15) is 19.5 Å². The first-order valence-corrected chi connectivity index (χ1v) is 7.80. The van der Waals surface area contributed by atoms with Crippen molar-refractivity contribution in [3.8, 4) is 0 Å². The highest BCUT2D eigenvalue weighted by Gasteiger charge is 2.21. The zero-order valence-corrected chi connectivity index (χ0v) is 13.5. The molecule has 2 atom stereocenters. The average Bonchev–Trinajstić information content (AvgIpc) is 2.53. The van der Waals surface area contributed by atoms with Crippen LogP contribution in [0.2, 0.25) is 0 Å². The number of aliphatic carboxylic acids is 1. The van der Waals surface area contributed by atoms with Gasteiger partial charge in [-0.15, -0.1) is 0 Å². The number of carbonyl (C=O) groups excluding carboxylic acids is 3. The number of hydrazine groups is 1. The number of unbranched alkanes of at least 4 members (excludes halogenated alkanes) is 1. The number of carboxylic acids is 1. The van der Waals surface area contributed by atoms with Gasteiger partial charge in [0, 0.05) is 23.9 Å². The fraction of sp³-hybridized carbons (Fsp3) is 0.471. The lowest BCUT2D eigenvalue weighted by Crippen LogP contribution is -2.43. The molecule has 0 bridgehead atoms. The third-order valence-electron chi connectivity index (χ3n) is 3.72. The Morgan fingerprint density at radius 1 is 1.13 bits per heavy atom. The van der Waals surface area contributed by atoms with Crippen LogP contribution in [0, 0.1) is 11.8 Å². The first kappa shape index (κ1) is 18.7. The summed E-state index contributed by atoms with van der Waals surface area (Å²) in [5, 5.41) is 11.2. The van der Waals surface area contributed by atoms with Crippen LogP contribution in [0.25, 0.3) is 0 Å². The van der Waals surface area contributed by atoms with Crippen LogP contribution in [0.4, 0.5) is 0 Å². The van der Waals surface area contributed by atoms with Gasteiger partial charge >= 0.3 is 0 Å². The first-order valence-electron chi connectivity index (χ1n) is 7.80. The second-order valence-corrected chi connectivity index (χ2v) is 5.62. The summed E-state index contributed by atoms with van der Waals surface area (Å²) in [4.78, 5) is 34.8. The van der Waals surface area contributed by atoms with Gasteiger partial charge in [-0.1, -0.05) is 44.9 Å². The van der Waals surface area contributed by atoms with Crippen LogP contribution in [-0.4, -0.2) is 17.8 Å². The molecule has 0 aliphatic carbocycles. The molecule has 0 heterocycles. The summed E-state index contributed by atoms with van der Waals surface area (Å²) in [5.74, 6) is -3.00. The van der Waals surface area contributed by atoms with E-state index in [0.29, 0.717) is 12.0 Å². The van der Waals surface area contributed by atoms with Gasteiger partial charge in [0.15, 0.2) is 0 Å². The van der Waals surface area contributed by atoms with E-state index in [2.05, 4.69) is 10.9 Å². The number of hydrogen-bond donors (Lipinski definition) is 2. The molecule has 0 saturated heterocycles. The van der Waals surface area contributed by atoms with Crippen molar-refractivity contribution < 1.29 is 19.5 Å². The molecular weight excluding hydrogens is 296 g/mol. The van der Waals surface area contributed by atoms with E-state index in [0.717, 1.165) is 12.8 Å². The summed E-state index contributed by atoms with van der Waals surface area (Å²) in [6.45, 7) is 3.68. The SMILES string of the molecule is CCCC[C@@H](C(=O)[O-])[C@H](C)CC(=O)NNC(=O)c1ccccc1. The van der Waals surface area contributed by atoms with Crippen molar-refractivity contribution >= 4 is 17.8 Å². The summed E-state index contributed by atoms with van der Waals surface area (Å²) in [5.41, 5.74) is 5.05. The first-order chi connectivity index (χ1) is 11.0. The number of hydrogen-bond acceptors (Lipinski definition) is 4. The molecule has 23 heavy (non-hydrogen) atoms. The van der Waals surface area contributed by atoms with Crippen LogP contribution in [0.3, 0.4) is 0 Å². The highest BCUT2D eigenvalue weighted by Crippen LogP contribution is 2.21. The van der Waals surface area contributed by atoms with Gasteiger partial charge in [0.25, 0.3) is 5.91 Å². The Morgan fingerprint density at radius 2 is 1.78 bits per heavy atom. The Kier molecular flexibility index (Phi) is 7.80. The van der Waals surface area contributed by atoms with Crippen LogP contribution < -0.4 is 16.0 Å². The topological polar surface area (TPSA) is 98.3 Å². The second kappa shape index (κ2) is 9.61. The van der Waals surface area contributed by atoms with Crippen molar-refractivity contribution in [1.82, 2.24) is 10.9 Å². The number of nitrogens with one attached hydrogen (secondary N) is 2. The molecule has 1 aromatic carbocycles. The van der Waals surface area contributed by atoms with Gasteiger partial charge in [-0.3, -0.25) is 20.4 Å². The molecule has 2 amide bonds. The third kappa shape index (κ3) is 6.50. The molecule has 0 spiro atoms. The van der Waals surface area contributed by atoms with Crippen LogP contribution in [0.5, 0.6) is 0 Å². The van der Waals surface area contributed by atoms with Gasteiger partial charge in [0.1, 0.15) is 0 Å². The van der Waals surface area contributed by atoms with Crippen molar-refractivity contribution in [2.24, 2.45) is 11.8 Å².